The molecule has 1 aliphatic carbocycles. The molecule has 0 aliphatic heterocycles. The minimum Gasteiger partial charge on any atom is -0.390 e. The van der Waals surface area contributed by atoms with E-state index in [9.17, 15) is 5.11 Å². The molecule has 0 aromatic heterocycles. The number of methoxy groups -OCH3 is 1. The van der Waals surface area contributed by atoms with Crippen molar-refractivity contribution in [3.05, 3.63) is 33.8 Å². The van der Waals surface area contributed by atoms with Crippen molar-refractivity contribution in [1.29, 1.82) is 0 Å². The van der Waals surface area contributed by atoms with Crippen LogP contribution in [0, 0.1) is 0 Å². The zero-order valence-electron chi connectivity index (χ0n) is 11.2. The van der Waals surface area contributed by atoms with E-state index in [1.165, 1.54) is 6.42 Å². The molecule has 0 heterocycles. The highest BCUT2D eigenvalue weighted by molar-refractivity contribution is 6.33. The molecule has 2 rings (SSSR count). The summed E-state index contributed by atoms with van der Waals surface area (Å²) in [5.41, 5.74) is 0.452. The second-order valence-electron chi connectivity index (χ2n) is 5.29. The highest BCUT2D eigenvalue weighted by Gasteiger charge is 2.39. The lowest BCUT2D eigenvalue weighted by Gasteiger charge is -2.40. The molecule has 0 radical (unpaired) electrons. The highest BCUT2D eigenvalue weighted by Crippen LogP contribution is 2.36. The molecule has 1 aromatic carbocycles. The van der Waals surface area contributed by atoms with Crippen LogP contribution in [-0.2, 0) is 11.2 Å². The largest absolute Gasteiger partial charge is 0.390 e. The summed E-state index contributed by atoms with van der Waals surface area (Å²) in [6.07, 6.45) is 5.17. The van der Waals surface area contributed by atoms with Gasteiger partial charge < -0.3 is 9.84 Å². The predicted molar refractivity (Wildman–Crippen MR) is 79.0 cm³/mol. The Hall–Kier alpha value is -0.280. The molecule has 19 heavy (non-hydrogen) atoms. The summed E-state index contributed by atoms with van der Waals surface area (Å²) in [5.74, 6) is 0. The lowest BCUT2D eigenvalue weighted by Crippen LogP contribution is -2.46. The lowest BCUT2D eigenvalue weighted by atomic mass is 9.78. The van der Waals surface area contributed by atoms with E-state index >= 15 is 0 Å². The van der Waals surface area contributed by atoms with Crippen LogP contribution in [0.25, 0.3) is 0 Å². The van der Waals surface area contributed by atoms with Crippen LogP contribution in [0.3, 0.4) is 0 Å². The van der Waals surface area contributed by atoms with Gasteiger partial charge in [0, 0.05) is 23.6 Å². The van der Waals surface area contributed by atoms with E-state index in [4.69, 9.17) is 27.9 Å². The highest BCUT2D eigenvalue weighted by atomic mass is 35.5. The van der Waals surface area contributed by atoms with Gasteiger partial charge in [-0.1, -0.05) is 42.5 Å². The summed E-state index contributed by atoms with van der Waals surface area (Å²) >= 11 is 12.1. The maximum Gasteiger partial charge on any atom is 0.0939 e. The molecule has 1 saturated carbocycles. The molecule has 0 spiro atoms. The molecular weight excluding hydrogens is 283 g/mol. The van der Waals surface area contributed by atoms with Gasteiger partial charge in [-0.25, -0.2) is 0 Å². The molecule has 1 atom stereocenters. The van der Waals surface area contributed by atoms with Gasteiger partial charge in [0.15, 0.2) is 0 Å². The van der Waals surface area contributed by atoms with Crippen LogP contribution in [0.2, 0.25) is 10.0 Å². The van der Waals surface area contributed by atoms with Crippen molar-refractivity contribution in [3.8, 4) is 0 Å². The van der Waals surface area contributed by atoms with Crippen LogP contribution in [0.4, 0.5) is 0 Å². The smallest absolute Gasteiger partial charge is 0.0939 e. The second-order valence-corrected chi connectivity index (χ2v) is 6.13. The fraction of sp³-hybridized carbons (Fsp3) is 0.600. The van der Waals surface area contributed by atoms with E-state index in [-0.39, 0.29) is 0 Å². The molecule has 0 bridgehead atoms. The summed E-state index contributed by atoms with van der Waals surface area (Å²) in [4.78, 5) is 0. The molecule has 1 fully saturated rings. The van der Waals surface area contributed by atoms with Crippen LogP contribution in [0.15, 0.2) is 18.2 Å². The summed E-state index contributed by atoms with van der Waals surface area (Å²) < 4.78 is 5.66. The zero-order valence-corrected chi connectivity index (χ0v) is 12.7. The summed E-state index contributed by atoms with van der Waals surface area (Å²) in [6, 6.07) is 5.35. The topological polar surface area (TPSA) is 29.5 Å². The number of aliphatic hydroxyl groups excluding tert-OH is 1. The van der Waals surface area contributed by atoms with Crippen LogP contribution in [0.5, 0.6) is 0 Å². The van der Waals surface area contributed by atoms with Gasteiger partial charge in [0.25, 0.3) is 0 Å². The maximum absolute atomic E-state index is 10.6. The first-order valence-electron chi connectivity index (χ1n) is 6.74. The number of aliphatic hydroxyl groups is 1. The van der Waals surface area contributed by atoms with Crippen molar-refractivity contribution in [2.24, 2.45) is 0 Å². The Labute approximate surface area is 124 Å². The number of hydrogen-bond acceptors (Lipinski definition) is 2. The van der Waals surface area contributed by atoms with Gasteiger partial charge in [0.05, 0.1) is 11.7 Å². The van der Waals surface area contributed by atoms with E-state index in [0.717, 1.165) is 31.2 Å². The van der Waals surface area contributed by atoms with Crippen molar-refractivity contribution in [2.45, 2.75) is 50.2 Å². The van der Waals surface area contributed by atoms with Gasteiger partial charge >= 0.3 is 0 Å². The van der Waals surface area contributed by atoms with Crippen LogP contribution in [-0.4, -0.2) is 23.9 Å². The third-order valence-electron chi connectivity index (χ3n) is 4.13. The third-order valence-corrected chi connectivity index (χ3v) is 4.74. The van der Waals surface area contributed by atoms with Crippen LogP contribution < -0.4 is 0 Å². The minimum atomic E-state index is -0.547. The summed E-state index contributed by atoms with van der Waals surface area (Å²) in [6.45, 7) is 0. The molecule has 1 aliphatic rings. The minimum absolute atomic E-state index is 0.427. The van der Waals surface area contributed by atoms with E-state index in [2.05, 4.69) is 0 Å². The van der Waals surface area contributed by atoms with Gasteiger partial charge in [-0.15, -0.1) is 0 Å². The molecule has 4 heteroatoms. The molecule has 0 saturated heterocycles. The molecule has 0 amide bonds. The second kappa shape index (κ2) is 6.45. The Balaban J connectivity index is 2.14. The first-order valence-corrected chi connectivity index (χ1v) is 7.50. The molecule has 1 unspecified atom stereocenters. The van der Waals surface area contributed by atoms with E-state index in [1.807, 2.05) is 6.07 Å². The van der Waals surface area contributed by atoms with Crippen molar-refractivity contribution < 1.29 is 9.84 Å². The normalized spacial score (nSPS) is 20.2. The first-order chi connectivity index (χ1) is 9.07. The molecule has 106 valence electrons. The van der Waals surface area contributed by atoms with Gasteiger partial charge in [-0.3, -0.25) is 0 Å². The fourth-order valence-electron chi connectivity index (χ4n) is 2.92. The van der Waals surface area contributed by atoms with Gasteiger partial charge in [0.2, 0.25) is 0 Å². The third kappa shape index (κ3) is 3.43. The lowest BCUT2D eigenvalue weighted by molar-refractivity contribution is -0.122. The number of benzene rings is 1. The maximum atomic E-state index is 10.6. The number of rotatable bonds is 4. The molecule has 2 nitrogen and oxygen atoms in total. The fourth-order valence-corrected chi connectivity index (χ4v) is 3.31. The van der Waals surface area contributed by atoms with Crippen molar-refractivity contribution in [3.63, 3.8) is 0 Å². The van der Waals surface area contributed by atoms with E-state index in [0.29, 0.717) is 16.5 Å². The summed E-state index contributed by atoms with van der Waals surface area (Å²) in [5, 5.41) is 11.9. The molecule has 1 aromatic rings. The average Bonchev–Trinajstić information content (AvgIpc) is 2.43. The van der Waals surface area contributed by atoms with Gasteiger partial charge in [-0.05, 0) is 36.6 Å². The van der Waals surface area contributed by atoms with Crippen molar-refractivity contribution in [1.82, 2.24) is 0 Å². The Morgan fingerprint density at radius 3 is 2.58 bits per heavy atom. The molecule has 1 N–H and O–H groups in total. The number of halogens is 2. The SMILES string of the molecule is COC1(C(O)Cc2cc(Cl)ccc2Cl)CCCCC1. The van der Waals surface area contributed by atoms with Crippen LogP contribution in [0.1, 0.15) is 37.7 Å². The number of ether oxygens (including phenoxy) is 1. The Morgan fingerprint density at radius 2 is 1.95 bits per heavy atom. The van der Waals surface area contributed by atoms with E-state index in [1.54, 1.807) is 19.2 Å². The van der Waals surface area contributed by atoms with Crippen molar-refractivity contribution >= 4 is 23.2 Å². The Kier molecular flexibility index (Phi) is 5.13. The Bertz CT molecular complexity index is 428. The van der Waals surface area contributed by atoms with Gasteiger partial charge in [-0.2, -0.15) is 0 Å². The average molecular weight is 303 g/mol. The monoisotopic (exact) mass is 302 g/mol. The first kappa shape index (κ1) is 15.1. The number of hydrogen-bond donors (Lipinski definition) is 1. The van der Waals surface area contributed by atoms with Crippen molar-refractivity contribution in [2.75, 3.05) is 7.11 Å². The van der Waals surface area contributed by atoms with Crippen LogP contribution >= 0.6 is 23.2 Å². The summed E-state index contributed by atoms with van der Waals surface area (Å²) in [7, 11) is 1.69. The zero-order chi connectivity index (χ0) is 13.9. The Morgan fingerprint density at radius 1 is 1.26 bits per heavy atom. The molecular formula is C15H20Cl2O2. The predicted octanol–water partition coefficient (Wildman–Crippen LogP) is 4.25. The van der Waals surface area contributed by atoms with Gasteiger partial charge in [0.1, 0.15) is 0 Å². The standard InChI is InChI=1S/C15H20Cl2O2/c1-19-15(7-3-2-4-8-15)14(18)10-11-9-12(16)5-6-13(11)17/h5-6,9,14,18H,2-4,7-8,10H2,1H3. The quantitative estimate of drug-likeness (QED) is 0.901. The van der Waals surface area contributed by atoms with E-state index < -0.39 is 11.7 Å².